The van der Waals surface area contributed by atoms with Crippen LogP contribution < -0.4 is 5.73 Å². The quantitative estimate of drug-likeness (QED) is 0.919. The Hall–Kier alpha value is -1.29. The number of benzene rings is 1. The zero-order valence-electron chi connectivity index (χ0n) is 8.61. The van der Waals surface area contributed by atoms with E-state index in [0.29, 0.717) is 5.82 Å². The molecule has 2 aromatic rings. The summed E-state index contributed by atoms with van der Waals surface area (Å²) in [5.41, 5.74) is 6.88. The highest BCUT2D eigenvalue weighted by atomic mass is 79.9. The van der Waals surface area contributed by atoms with Gasteiger partial charge >= 0.3 is 0 Å². The third kappa shape index (κ3) is 1.45. The van der Waals surface area contributed by atoms with Crippen LogP contribution >= 0.6 is 15.9 Å². The zero-order valence-corrected chi connectivity index (χ0v) is 10.2. The molecule has 1 fully saturated rings. The molecule has 1 aromatic carbocycles. The molecule has 0 spiro atoms. The molecule has 4 heteroatoms. The first kappa shape index (κ1) is 9.90. The van der Waals surface area contributed by atoms with Gasteiger partial charge in [-0.1, -0.05) is 33.2 Å². The average Bonchev–Trinajstić information content (AvgIpc) is 2.97. The van der Waals surface area contributed by atoms with Crippen molar-refractivity contribution < 1.29 is 4.52 Å². The first-order valence-electron chi connectivity index (χ1n) is 5.19. The lowest BCUT2D eigenvalue weighted by Gasteiger charge is -2.11. The van der Waals surface area contributed by atoms with Crippen molar-refractivity contribution >= 4 is 21.7 Å². The smallest absolute Gasteiger partial charge is 0.167 e. The van der Waals surface area contributed by atoms with Gasteiger partial charge in [-0.05, 0) is 30.5 Å². The molecule has 2 N–H and O–H groups in total. The van der Waals surface area contributed by atoms with Crippen molar-refractivity contribution in [1.29, 1.82) is 0 Å². The van der Waals surface area contributed by atoms with Crippen molar-refractivity contribution in [3.05, 3.63) is 46.1 Å². The second-order valence-electron chi connectivity index (χ2n) is 4.21. The number of rotatable bonds is 2. The van der Waals surface area contributed by atoms with Crippen LogP contribution in [0.15, 0.2) is 39.3 Å². The van der Waals surface area contributed by atoms with E-state index in [1.807, 2.05) is 6.07 Å². The molecule has 3 rings (SSSR count). The minimum Gasteiger partial charge on any atom is -0.381 e. The van der Waals surface area contributed by atoms with Gasteiger partial charge in [-0.3, -0.25) is 0 Å². The van der Waals surface area contributed by atoms with E-state index in [2.05, 4.69) is 45.4 Å². The summed E-state index contributed by atoms with van der Waals surface area (Å²) in [5.74, 6) is 1.34. The molecular formula is C12H11BrN2O. The van der Waals surface area contributed by atoms with Gasteiger partial charge in [0.25, 0.3) is 0 Å². The van der Waals surface area contributed by atoms with Gasteiger partial charge in [-0.25, -0.2) is 0 Å². The fourth-order valence-corrected chi connectivity index (χ4v) is 2.35. The van der Waals surface area contributed by atoms with Crippen molar-refractivity contribution in [1.82, 2.24) is 5.16 Å². The van der Waals surface area contributed by atoms with Crippen molar-refractivity contribution in [3.8, 4) is 0 Å². The number of nitrogen functional groups attached to an aromatic ring is 1. The number of anilines is 1. The molecule has 1 heterocycles. The summed E-state index contributed by atoms with van der Waals surface area (Å²) in [4.78, 5) is 0. The van der Waals surface area contributed by atoms with Crippen LogP contribution in [0.5, 0.6) is 0 Å². The van der Waals surface area contributed by atoms with E-state index >= 15 is 0 Å². The summed E-state index contributed by atoms with van der Waals surface area (Å²) in [6, 6.07) is 10.2. The van der Waals surface area contributed by atoms with E-state index in [1.165, 1.54) is 5.56 Å². The summed E-state index contributed by atoms with van der Waals surface area (Å²) >= 11 is 3.44. The van der Waals surface area contributed by atoms with Crippen molar-refractivity contribution in [2.24, 2.45) is 0 Å². The predicted octanol–water partition coefficient (Wildman–Crippen LogP) is 3.10. The minimum atomic E-state index is 0.0192. The topological polar surface area (TPSA) is 52.0 Å². The van der Waals surface area contributed by atoms with Crippen LogP contribution in [-0.2, 0) is 5.41 Å². The molecule has 0 amide bonds. The first-order chi connectivity index (χ1) is 7.71. The van der Waals surface area contributed by atoms with Gasteiger partial charge in [0, 0.05) is 10.5 Å². The van der Waals surface area contributed by atoms with Crippen LogP contribution in [0, 0.1) is 0 Å². The van der Waals surface area contributed by atoms with Crippen LogP contribution in [0.3, 0.4) is 0 Å². The summed E-state index contributed by atoms with van der Waals surface area (Å²) < 4.78 is 6.38. The molecule has 3 nitrogen and oxygen atoms in total. The van der Waals surface area contributed by atoms with E-state index in [0.717, 1.165) is 23.1 Å². The van der Waals surface area contributed by atoms with E-state index < -0.39 is 0 Å². The van der Waals surface area contributed by atoms with Crippen LogP contribution in [-0.4, -0.2) is 5.16 Å². The highest BCUT2D eigenvalue weighted by Crippen LogP contribution is 2.53. The molecule has 82 valence electrons. The Balaban J connectivity index is 2.03. The molecule has 0 bridgehead atoms. The fraction of sp³-hybridized carbons (Fsp3) is 0.250. The lowest BCUT2D eigenvalue weighted by atomic mass is 9.93. The molecule has 16 heavy (non-hydrogen) atoms. The molecule has 0 atom stereocenters. The maximum absolute atomic E-state index is 5.59. The molecule has 0 saturated heterocycles. The van der Waals surface area contributed by atoms with Gasteiger partial charge in [-0.2, -0.15) is 0 Å². The molecule has 1 saturated carbocycles. The minimum absolute atomic E-state index is 0.0192. The van der Waals surface area contributed by atoms with Crippen LogP contribution in [0.2, 0.25) is 0 Å². The second kappa shape index (κ2) is 3.35. The summed E-state index contributed by atoms with van der Waals surface area (Å²) in [6.45, 7) is 0. The van der Waals surface area contributed by atoms with Crippen molar-refractivity contribution in [2.45, 2.75) is 18.3 Å². The van der Waals surface area contributed by atoms with Gasteiger partial charge in [0.2, 0.25) is 0 Å². The van der Waals surface area contributed by atoms with Gasteiger partial charge in [0.05, 0.1) is 5.41 Å². The van der Waals surface area contributed by atoms with Gasteiger partial charge in [0.1, 0.15) is 5.76 Å². The number of hydrogen-bond acceptors (Lipinski definition) is 3. The zero-order chi connectivity index (χ0) is 11.2. The summed E-state index contributed by atoms with van der Waals surface area (Å²) in [6.07, 6.45) is 2.20. The standard InChI is InChI=1S/C12H11BrN2O/c13-9-3-1-8(2-4-9)12(5-6-12)10-7-11(14)15-16-10/h1-4,7H,5-6H2,(H2,14,15). The number of aromatic nitrogens is 1. The largest absolute Gasteiger partial charge is 0.381 e. The Labute approximate surface area is 102 Å². The van der Waals surface area contributed by atoms with Crippen LogP contribution in [0.25, 0.3) is 0 Å². The summed E-state index contributed by atoms with van der Waals surface area (Å²) in [5, 5.41) is 3.76. The number of hydrogen-bond donors (Lipinski definition) is 1. The normalized spacial score (nSPS) is 17.3. The van der Waals surface area contributed by atoms with Gasteiger partial charge in [-0.15, -0.1) is 0 Å². The average molecular weight is 279 g/mol. The molecule has 1 aromatic heterocycles. The van der Waals surface area contributed by atoms with E-state index in [-0.39, 0.29) is 5.41 Å². The lowest BCUT2D eigenvalue weighted by Crippen LogP contribution is -2.06. The third-order valence-electron chi connectivity index (χ3n) is 3.15. The van der Waals surface area contributed by atoms with Crippen molar-refractivity contribution in [2.75, 3.05) is 5.73 Å². The highest BCUT2D eigenvalue weighted by Gasteiger charge is 2.49. The molecular weight excluding hydrogens is 268 g/mol. The monoisotopic (exact) mass is 278 g/mol. The third-order valence-corrected chi connectivity index (χ3v) is 3.68. The number of halogens is 1. The van der Waals surface area contributed by atoms with Crippen LogP contribution in [0.4, 0.5) is 5.82 Å². The van der Waals surface area contributed by atoms with E-state index in [4.69, 9.17) is 10.3 Å². The van der Waals surface area contributed by atoms with Gasteiger partial charge in [0.15, 0.2) is 5.82 Å². The number of nitrogens with two attached hydrogens (primary N) is 1. The Kier molecular flexibility index (Phi) is 2.07. The Morgan fingerprint density at radius 1 is 1.25 bits per heavy atom. The molecule has 1 aliphatic rings. The Morgan fingerprint density at radius 2 is 1.94 bits per heavy atom. The molecule has 0 aliphatic heterocycles. The Morgan fingerprint density at radius 3 is 2.44 bits per heavy atom. The van der Waals surface area contributed by atoms with E-state index in [9.17, 15) is 0 Å². The molecule has 0 unspecified atom stereocenters. The molecule has 0 radical (unpaired) electrons. The van der Waals surface area contributed by atoms with Crippen LogP contribution in [0.1, 0.15) is 24.2 Å². The Bertz CT molecular complexity index is 514. The SMILES string of the molecule is Nc1cc(C2(c3ccc(Br)cc3)CC2)on1. The first-order valence-corrected chi connectivity index (χ1v) is 5.99. The number of nitrogens with zero attached hydrogens (tertiary/aromatic N) is 1. The second-order valence-corrected chi connectivity index (χ2v) is 5.12. The lowest BCUT2D eigenvalue weighted by molar-refractivity contribution is 0.368. The van der Waals surface area contributed by atoms with E-state index in [1.54, 1.807) is 0 Å². The van der Waals surface area contributed by atoms with Crippen molar-refractivity contribution in [3.63, 3.8) is 0 Å². The fourth-order valence-electron chi connectivity index (χ4n) is 2.09. The highest BCUT2D eigenvalue weighted by molar-refractivity contribution is 9.10. The maximum Gasteiger partial charge on any atom is 0.167 e. The summed E-state index contributed by atoms with van der Waals surface area (Å²) in [7, 11) is 0. The van der Waals surface area contributed by atoms with Gasteiger partial charge < -0.3 is 10.3 Å². The molecule has 1 aliphatic carbocycles. The maximum atomic E-state index is 5.59. The predicted molar refractivity (Wildman–Crippen MR) is 65.1 cm³/mol.